The molecular weight excluding hydrogens is 320 g/mol. The van der Waals surface area contributed by atoms with Crippen molar-refractivity contribution in [2.45, 2.75) is 25.5 Å². The molecule has 9 heteroatoms. The second-order valence-corrected chi connectivity index (χ2v) is 5.60. The number of rotatable bonds is 6. The minimum atomic E-state index is -0.528. The average molecular weight is 338 g/mol. The minimum Gasteiger partial charge on any atom is -0.465 e. The number of allylic oxidation sites excluding steroid dienone is 2. The first kappa shape index (κ1) is 17.1. The van der Waals surface area contributed by atoms with Gasteiger partial charge in [0.25, 0.3) is 5.56 Å². The predicted molar refractivity (Wildman–Crippen MR) is 87.8 cm³/mol. The zero-order valence-corrected chi connectivity index (χ0v) is 14.0. The molecule has 0 saturated heterocycles. The standard InChI is InChI=1S/C14H18N4O4S/c1-4-6-7-18-10-11(17(3)13(21)16-12(10)20)15-14(18)23-8-9(19)22-5-2/h4,6H,5,7-8H2,1-3H3,(H,16,20,21)/b6-4+. The lowest BCUT2D eigenvalue weighted by atomic mass is 10.4. The molecule has 0 aliphatic rings. The van der Waals surface area contributed by atoms with Crippen molar-refractivity contribution in [2.24, 2.45) is 7.05 Å². The predicted octanol–water partition coefficient (Wildman–Crippen LogP) is 0.655. The summed E-state index contributed by atoms with van der Waals surface area (Å²) >= 11 is 1.17. The number of carbonyl (C=O) groups excluding carboxylic acids is 1. The summed E-state index contributed by atoms with van der Waals surface area (Å²) in [6.45, 7) is 4.33. The minimum absolute atomic E-state index is 0.0822. The fourth-order valence-corrected chi connectivity index (χ4v) is 2.83. The van der Waals surface area contributed by atoms with Crippen LogP contribution in [0.3, 0.4) is 0 Å². The number of nitrogens with zero attached hydrogens (tertiary/aromatic N) is 3. The largest absolute Gasteiger partial charge is 0.465 e. The number of hydrogen-bond donors (Lipinski definition) is 1. The van der Waals surface area contributed by atoms with Crippen LogP contribution in [0.1, 0.15) is 13.8 Å². The third kappa shape index (κ3) is 3.55. The first-order valence-electron chi connectivity index (χ1n) is 7.08. The topological polar surface area (TPSA) is 99.0 Å². The summed E-state index contributed by atoms with van der Waals surface area (Å²) in [6, 6.07) is 0. The van der Waals surface area contributed by atoms with E-state index in [1.807, 2.05) is 19.1 Å². The Bertz CT molecular complexity index is 862. The van der Waals surface area contributed by atoms with Crippen LogP contribution < -0.4 is 11.2 Å². The Morgan fingerprint density at radius 2 is 2.17 bits per heavy atom. The summed E-state index contributed by atoms with van der Waals surface area (Å²) in [5, 5.41) is 0.484. The molecule has 0 spiro atoms. The number of carbonyl (C=O) groups is 1. The summed E-state index contributed by atoms with van der Waals surface area (Å²) in [6.07, 6.45) is 3.71. The van der Waals surface area contributed by atoms with Gasteiger partial charge < -0.3 is 9.30 Å². The number of nitrogens with one attached hydrogen (secondary N) is 1. The molecule has 0 radical (unpaired) electrons. The number of hydrogen-bond acceptors (Lipinski definition) is 6. The lowest BCUT2D eigenvalue weighted by Crippen LogP contribution is -2.29. The molecule has 2 aromatic rings. The molecule has 0 unspecified atom stereocenters. The Morgan fingerprint density at radius 1 is 1.43 bits per heavy atom. The first-order chi connectivity index (χ1) is 11.0. The van der Waals surface area contributed by atoms with Crippen molar-refractivity contribution >= 4 is 28.9 Å². The molecule has 0 aliphatic carbocycles. The highest BCUT2D eigenvalue weighted by atomic mass is 32.2. The molecule has 8 nitrogen and oxygen atoms in total. The smallest absolute Gasteiger partial charge is 0.329 e. The highest BCUT2D eigenvalue weighted by Gasteiger charge is 2.18. The second-order valence-electron chi connectivity index (χ2n) is 4.66. The van der Waals surface area contributed by atoms with Crippen LogP contribution in [-0.2, 0) is 23.1 Å². The van der Waals surface area contributed by atoms with Gasteiger partial charge in [-0.15, -0.1) is 0 Å². The van der Waals surface area contributed by atoms with E-state index in [1.54, 1.807) is 11.5 Å². The second kappa shape index (κ2) is 7.32. The summed E-state index contributed by atoms with van der Waals surface area (Å²) in [4.78, 5) is 42.0. The van der Waals surface area contributed by atoms with Gasteiger partial charge in [-0.1, -0.05) is 23.9 Å². The van der Waals surface area contributed by atoms with Crippen LogP contribution in [-0.4, -0.2) is 37.4 Å². The normalized spacial score (nSPS) is 11.4. The van der Waals surface area contributed by atoms with Crippen LogP contribution in [0.5, 0.6) is 0 Å². The van der Waals surface area contributed by atoms with E-state index in [2.05, 4.69) is 9.97 Å². The van der Waals surface area contributed by atoms with E-state index in [-0.39, 0.29) is 17.4 Å². The highest BCUT2D eigenvalue weighted by molar-refractivity contribution is 7.99. The van der Waals surface area contributed by atoms with E-state index in [9.17, 15) is 14.4 Å². The fourth-order valence-electron chi connectivity index (χ4n) is 2.03. The van der Waals surface area contributed by atoms with E-state index in [4.69, 9.17) is 4.74 Å². The van der Waals surface area contributed by atoms with Gasteiger partial charge in [-0.25, -0.2) is 9.78 Å². The molecule has 124 valence electrons. The molecule has 2 aromatic heterocycles. The average Bonchev–Trinajstić information content (AvgIpc) is 2.88. The number of esters is 1. The highest BCUT2D eigenvalue weighted by Crippen LogP contribution is 2.21. The first-order valence-corrected chi connectivity index (χ1v) is 8.07. The molecule has 1 N–H and O–H groups in total. The van der Waals surface area contributed by atoms with Crippen molar-refractivity contribution in [1.82, 2.24) is 19.1 Å². The summed E-state index contributed by atoms with van der Waals surface area (Å²) in [7, 11) is 1.54. The van der Waals surface area contributed by atoms with Gasteiger partial charge in [0.15, 0.2) is 16.3 Å². The molecule has 0 fully saturated rings. The number of aromatic nitrogens is 4. The number of aryl methyl sites for hydroxylation is 1. The van der Waals surface area contributed by atoms with Crippen LogP contribution in [0.15, 0.2) is 26.9 Å². The molecular formula is C14H18N4O4S. The van der Waals surface area contributed by atoms with Crippen molar-refractivity contribution in [1.29, 1.82) is 0 Å². The van der Waals surface area contributed by atoms with Crippen LogP contribution in [0, 0.1) is 0 Å². The van der Waals surface area contributed by atoms with Crippen molar-refractivity contribution in [2.75, 3.05) is 12.4 Å². The van der Waals surface area contributed by atoms with Gasteiger partial charge in [0.1, 0.15) is 0 Å². The van der Waals surface area contributed by atoms with Crippen LogP contribution >= 0.6 is 11.8 Å². The fraction of sp³-hybridized carbons (Fsp3) is 0.429. The molecule has 0 bridgehead atoms. The van der Waals surface area contributed by atoms with E-state index in [0.29, 0.717) is 23.8 Å². The maximum Gasteiger partial charge on any atom is 0.329 e. The van der Waals surface area contributed by atoms with Gasteiger partial charge in [0, 0.05) is 13.6 Å². The van der Waals surface area contributed by atoms with Crippen LogP contribution in [0.25, 0.3) is 11.2 Å². The lowest BCUT2D eigenvalue weighted by Gasteiger charge is -2.05. The Kier molecular flexibility index (Phi) is 5.43. The number of ether oxygens (including phenoxy) is 1. The molecule has 2 rings (SSSR count). The summed E-state index contributed by atoms with van der Waals surface area (Å²) in [5.74, 6) is -0.274. The zero-order valence-electron chi connectivity index (χ0n) is 13.2. The van der Waals surface area contributed by atoms with Gasteiger partial charge in [0.05, 0.1) is 12.4 Å². The van der Waals surface area contributed by atoms with Crippen molar-refractivity contribution in [3.8, 4) is 0 Å². The molecule has 0 aliphatic heterocycles. The van der Waals surface area contributed by atoms with Crippen molar-refractivity contribution in [3.05, 3.63) is 33.0 Å². The zero-order chi connectivity index (χ0) is 17.0. The van der Waals surface area contributed by atoms with Crippen molar-refractivity contribution in [3.63, 3.8) is 0 Å². The third-order valence-electron chi connectivity index (χ3n) is 3.12. The van der Waals surface area contributed by atoms with Gasteiger partial charge in [-0.3, -0.25) is 19.1 Å². The van der Waals surface area contributed by atoms with E-state index >= 15 is 0 Å². The quantitative estimate of drug-likeness (QED) is 0.472. The molecule has 0 atom stereocenters. The Hall–Kier alpha value is -2.29. The molecule has 0 saturated carbocycles. The Morgan fingerprint density at radius 3 is 2.83 bits per heavy atom. The molecule has 0 aromatic carbocycles. The van der Waals surface area contributed by atoms with E-state index < -0.39 is 11.2 Å². The number of H-pyrrole nitrogens is 1. The number of aromatic amines is 1. The number of thioether (sulfide) groups is 1. The van der Waals surface area contributed by atoms with Crippen molar-refractivity contribution < 1.29 is 9.53 Å². The van der Waals surface area contributed by atoms with Gasteiger partial charge in [-0.05, 0) is 13.8 Å². The number of fused-ring (bicyclic) bond motifs is 1. The SMILES string of the molecule is C/C=C/Cn1c(SCC(=O)OCC)nc2c1c(=O)[nH]c(=O)n2C. The maximum absolute atomic E-state index is 12.1. The monoisotopic (exact) mass is 338 g/mol. The van der Waals surface area contributed by atoms with Gasteiger partial charge >= 0.3 is 11.7 Å². The number of imidazole rings is 1. The third-order valence-corrected chi connectivity index (χ3v) is 4.07. The molecule has 0 amide bonds. The summed E-state index contributed by atoms with van der Waals surface area (Å²) in [5.41, 5.74) is -0.436. The van der Waals surface area contributed by atoms with E-state index in [0.717, 1.165) is 0 Å². The maximum atomic E-state index is 12.1. The van der Waals surface area contributed by atoms with Crippen LogP contribution in [0.4, 0.5) is 0 Å². The van der Waals surface area contributed by atoms with E-state index in [1.165, 1.54) is 23.4 Å². The Balaban J connectivity index is 2.52. The molecule has 2 heterocycles. The van der Waals surface area contributed by atoms with Gasteiger partial charge in [-0.2, -0.15) is 0 Å². The Labute approximate surface area is 136 Å². The lowest BCUT2D eigenvalue weighted by molar-refractivity contribution is -0.139. The molecule has 23 heavy (non-hydrogen) atoms. The summed E-state index contributed by atoms with van der Waals surface area (Å²) < 4.78 is 7.84. The van der Waals surface area contributed by atoms with Gasteiger partial charge in [0.2, 0.25) is 0 Å². The van der Waals surface area contributed by atoms with Crippen LogP contribution in [0.2, 0.25) is 0 Å².